The van der Waals surface area contributed by atoms with Gasteiger partial charge < -0.3 is 18.9 Å². The van der Waals surface area contributed by atoms with Crippen LogP contribution in [0.25, 0.3) is 0 Å². The number of ketones is 1. The summed E-state index contributed by atoms with van der Waals surface area (Å²) >= 11 is 0. The van der Waals surface area contributed by atoms with Gasteiger partial charge in [0.2, 0.25) is 5.76 Å². The zero-order valence-corrected chi connectivity index (χ0v) is 14.8. The van der Waals surface area contributed by atoms with Crippen molar-refractivity contribution in [2.24, 2.45) is 0 Å². The van der Waals surface area contributed by atoms with Gasteiger partial charge in [0.25, 0.3) is 0 Å². The van der Waals surface area contributed by atoms with Crippen LogP contribution in [0.15, 0.2) is 66.6 Å². The van der Waals surface area contributed by atoms with Crippen LogP contribution in [0.2, 0.25) is 0 Å². The van der Waals surface area contributed by atoms with Crippen LogP contribution in [0.3, 0.4) is 0 Å². The number of methoxy groups -OCH3 is 2. The largest absolute Gasteiger partial charge is 0.500 e. The number of Topliss-reactive ketones (excluding diaryl/α,β-unsaturated/α-hetero) is 1. The van der Waals surface area contributed by atoms with Crippen molar-refractivity contribution in [2.75, 3.05) is 20.8 Å². The molecule has 0 fully saturated rings. The highest BCUT2D eigenvalue weighted by Crippen LogP contribution is 2.22. The molecule has 0 bridgehead atoms. The third kappa shape index (κ3) is 5.43. The van der Waals surface area contributed by atoms with Crippen molar-refractivity contribution in [2.45, 2.75) is 0 Å². The summed E-state index contributed by atoms with van der Waals surface area (Å²) in [4.78, 5) is 36.1. The number of hydrogen-bond acceptors (Lipinski definition) is 7. The van der Waals surface area contributed by atoms with Crippen molar-refractivity contribution in [3.8, 4) is 5.75 Å². The monoisotopic (exact) mass is 370 g/mol. The van der Waals surface area contributed by atoms with E-state index >= 15 is 0 Å². The second-order valence-corrected chi connectivity index (χ2v) is 5.17. The normalized spacial score (nSPS) is 10.7. The topological polar surface area (TPSA) is 88.1 Å². The summed E-state index contributed by atoms with van der Waals surface area (Å²) in [5.41, 5.74) is 0.482. The number of carbonyl (C=O) groups excluding carboxylic acids is 3. The van der Waals surface area contributed by atoms with Crippen LogP contribution in [-0.4, -0.2) is 38.5 Å². The molecule has 0 aliphatic heterocycles. The van der Waals surface area contributed by atoms with Crippen LogP contribution in [0, 0.1) is 0 Å². The number of carbonyl (C=O) groups is 3. The molecule has 140 valence electrons. The highest BCUT2D eigenvalue weighted by Gasteiger charge is 2.20. The Hall–Kier alpha value is -3.61. The fourth-order valence-electron chi connectivity index (χ4n) is 2.08. The standard InChI is InChI=1S/C20H18O7/c1-24-13-18(20(23)25-2)27-17-11-7-6-10-15(17)19(22)26-12-16(21)14-8-4-3-5-9-14/h3-11,13H,12H2,1-2H3/b18-13+. The third-order valence-electron chi connectivity index (χ3n) is 3.37. The molecule has 0 unspecified atom stereocenters. The van der Waals surface area contributed by atoms with Gasteiger partial charge in [0, 0.05) is 5.56 Å². The number of esters is 2. The average molecular weight is 370 g/mol. The van der Waals surface area contributed by atoms with E-state index in [1.165, 1.54) is 26.4 Å². The summed E-state index contributed by atoms with van der Waals surface area (Å²) in [6.07, 6.45) is 1.05. The molecule has 0 radical (unpaired) electrons. The number of benzene rings is 2. The van der Waals surface area contributed by atoms with E-state index < -0.39 is 18.5 Å². The number of rotatable bonds is 8. The third-order valence-corrected chi connectivity index (χ3v) is 3.37. The smallest absolute Gasteiger partial charge is 0.377 e. The summed E-state index contributed by atoms with van der Waals surface area (Å²) < 4.78 is 19.9. The Labute approximate surface area is 156 Å². The predicted molar refractivity (Wildman–Crippen MR) is 95.2 cm³/mol. The molecule has 0 aliphatic rings. The summed E-state index contributed by atoms with van der Waals surface area (Å²) in [6, 6.07) is 14.6. The van der Waals surface area contributed by atoms with Crippen LogP contribution in [-0.2, 0) is 19.0 Å². The summed E-state index contributed by atoms with van der Waals surface area (Å²) in [5, 5.41) is 0. The van der Waals surface area contributed by atoms with Gasteiger partial charge in [-0.1, -0.05) is 42.5 Å². The zero-order valence-electron chi connectivity index (χ0n) is 14.8. The Morgan fingerprint density at radius 2 is 1.59 bits per heavy atom. The lowest BCUT2D eigenvalue weighted by Gasteiger charge is -2.12. The number of hydrogen-bond donors (Lipinski definition) is 0. The van der Waals surface area contributed by atoms with Crippen molar-refractivity contribution in [1.29, 1.82) is 0 Å². The van der Waals surface area contributed by atoms with Gasteiger partial charge in [0.1, 0.15) is 17.6 Å². The fourth-order valence-corrected chi connectivity index (χ4v) is 2.08. The summed E-state index contributed by atoms with van der Waals surface area (Å²) in [5.74, 6) is -2.07. The minimum absolute atomic E-state index is 0.0456. The number of para-hydroxylation sites is 1. The molecule has 0 spiro atoms. The van der Waals surface area contributed by atoms with Crippen molar-refractivity contribution < 1.29 is 33.3 Å². The molecule has 0 saturated carbocycles. The molecule has 7 heteroatoms. The van der Waals surface area contributed by atoms with Gasteiger partial charge in [-0.3, -0.25) is 4.79 Å². The highest BCUT2D eigenvalue weighted by molar-refractivity contribution is 6.00. The Balaban J connectivity index is 2.12. The first-order chi connectivity index (χ1) is 13.1. The van der Waals surface area contributed by atoms with E-state index in [0.29, 0.717) is 5.56 Å². The lowest BCUT2D eigenvalue weighted by Crippen LogP contribution is -2.16. The summed E-state index contributed by atoms with van der Waals surface area (Å²) in [7, 11) is 2.52. The van der Waals surface area contributed by atoms with Gasteiger partial charge in [-0.2, -0.15) is 0 Å². The van der Waals surface area contributed by atoms with E-state index in [1.54, 1.807) is 42.5 Å². The van der Waals surface area contributed by atoms with Crippen LogP contribution < -0.4 is 4.74 Å². The van der Waals surface area contributed by atoms with E-state index in [9.17, 15) is 14.4 Å². The molecule has 7 nitrogen and oxygen atoms in total. The van der Waals surface area contributed by atoms with Gasteiger partial charge in [-0.05, 0) is 12.1 Å². The van der Waals surface area contributed by atoms with Crippen LogP contribution in [0.4, 0.5) is 0 Å². The molecule has 2 aromatic carbocycles. The van der Waals surface area contributed by atoms with Crippen molar-refractivity contribution in [3.05, 3.63) is 77.7 Å². The molecule has 0 saturated heterocycles. The SMILES string of the molecule is CO/C=C(/Oc1ccccc1C(=O)OCC(=O)c1ccccc1)C(=O)OC. The zero-order chi connectivity index (χ0) is 19.6. The van der Waals surface area contributed by atoms with Crippen molar-refractivity contribution in [3.63, 3.8) is 0 Å². The van der Waals surface area contributed by atoms with Crippen LogP contribution in [0.5, 0.6) is 5.75 Å². The van der Waals surface area contributed by atoms with Crippen LogP contribution >= 0.6 is 0 Å². The molecule has 2 rings (SSSR count). The molecule has 2 aromatic rings. The lowest BCUT2D eigenvalue weighted by atomic mass is 10.1. The Bertz CT molecular complexity index is 840. The Kier molecular flexibility index (Phi) is 7.13. The maximum atomic E-state index is 12.4. The minimum Gasteiger partial charge on any atom is -0.500 e. The minimum atomic E-state index is -0.778. The van der Waals surface area contributed by atoms with Gasteiger partial charge in [-0.25, -0.2) is 9.59 Å². The van der Waals surface area contributed by atoms with Crippen LogP contribution in [0.1, 0.15) is 20.7 Å². The summed E-state index contributed by atoms with van der Waals surface area (Å²) in [6.45, 7) is -0.422. The molecular formula is C20H18O7. The molecule has 27 heavy (non-hydrogen) atoms. The molecule has 0 N–H and O–H groups in total. The number of ether oxygens (including phenoxy) is 4. The maximum Gasteiger partial charge on any atom is 0.377 e. The molecule has 0 amide bonds. The van der Waals surface area contributed by atoms with E-state index in [1.807, 2.05) is 0 Å². The highest BCUT2D eigenvalue weighted by atomic mass is 16.6. The van der Waals surface area contributed by atoms with Crippen molar-refractivity contribution in [1.82, 2.24) is 0 Å². The second kappa shape index (κ2) is 9.76. The van der Waals surface area contributed by atoms with E-state index in [0.717, 1.165) is 6.26 Å². The Morgan fingerprint density at radius 1 is 0.926 bits per heavy atom. The van der Waals surface area contributed by atoms with E-state index in [-0.39, 0.29) is 22.9 Å². The van der Waals surface area contributed by atoms with E-state index in [4.69, 9.17) is 14.2 Å². The predicted octanol–water partition coefficient (Wildman–Crippen LogP) is 2.77. The Morgan fingerprint density at radius 3 is 2.26 bits per heavy atom. The quantitative estimate of drug-likeness (QED) is 0.305. The van der Waals surface area contributed by atoms with Gasteiger partial charge in [-0.15, -0.1) is 0 Å². The average Bonchev–Trinajstić information content (AvgIpc) is 2.71. The van der Waals surface area contributed by atoms with Gasteiger partial charge in [0.05, 0.1) is 14.2 Å². The first-order valence-electron chi connectivity index (χ1n) is 7.90. The molecule has 0 aliphatic carbocycles. The molecule has 0 heterocycles. The van der Waals surface area contributed by atoms with Gasteiger partial charge in [0.15, 0.2) is 12.4 Å². The fraction of sp³-hybridized carbons (Fsp3) is 0.150. The molecular weight excluding hydrogens is 352 g/mol. The molecule has 0 atom stereocenters. The molecule has 0 aromatic heterocycles. The lowest BCUT2D eigenvalue weighted by molar-refractivity contribution is -0.138. The van der Waals surface area contributed by atoms with Gasteiger partial charge >= 0.3 is 11.9 Å². The first kappa shape index (κ1) is 19.7. The maximum absolute atomic E-state index is 12.4. The first-order valence-corrected chi connectivity index (χ1v) is 7.90. The second-order valence-electron chi connectivity index (χ2n) is 5.17. The van der Waals surface area contributed by atoms with Crippen molar-refractivity contribution >= 4 is 17.7 Å². The van der Waals surface area contributed by atoms with E-state index in [2.05, 4.69) is 4.74 Å².